The van der Waals surface area contributed by atoms with Gasteiger partial charge >= 0.3 is 0 Å². The van der Waals surface area contributed by atoms with Crippen molar-refractivity contribution >= 4 is 15.7 Å². The van der Waals surface area contributed by atoms with Crippen LogP contribution in [0.5, 0.6) is 5.75 Å². The number of rotatable bonds is 5. The van der Waals surface area contributed by atoms with Crippen LogP contribution in [0.1, 0.15) is 28.9 Å². The Hall–Kier alpha value is -2.39. The SMILES string of the molecule is COc1ccc(C)cc1-n1ccc(C(=O)NC2CS(=O)(=O)CC2N2CCCC2)n1. The van der Waals surface area contributed by atoms with Crippen LogP contribution in [-0.4, -0.2) is 72.8 Å². The highest BCUT2D eigenvalue weighted by molar-refractivity contribution is 7.91. The summed E-state index contributed by atoms with van der Waals surface area (Å²) in [7, 11) is -1.57. The third-order valence-electron chi connectivity index (χ3n) is 5.65. The summed E-state index contributed by atoms with van der Waals surface area (Å²) in [6.45, 7) is 3.74. The van der Waals surface area contributed by atoms with Gasteiger partial charge < -0.3 is 10.1 Å². The van der Waals surface area contributed by atoms with Crippen molar-refractivity contribution in [1.29, 1.82) is 0 Å². The lowest BCUT2D eigenvalue weighted by Gasteiger charge is -2.28. The molecule has 1 amide bonds. The molecule has 0 spiro atoms. The Morgan fingerprint density at radius 3 is 2.69 bits per heavy atom. The number of hydrogen-bond donors (Lipinski definition) is 1. The molecule has 2 saturated heterocycles. The molecule has 8 nitrogen and oxygen atoms in total. The van der Waals surface area contributed by atoms with Crippen molar-refractivity contribution in [3.8, 4) is 11.4 Å². The summed E-state index contributed by atoms with van der Waals surface area (Å²) in [6, 6.07) is 6.79. The minimum atomic E-state index is -3.16. The van der Waals surface area contributed by atoms with Crippen LogP contribution >= 0.6 is 0 Å². The first-order valence-electron chi connectivity index (χ1n) is 9.82. The summed E-state index contributed by atoms with van der Waals surface area (Å²) in [5.41, 5.74) is 2.04. The molecule has 0 aliphatic carbocycles. The normalized spacial score (nSPS) is 23.9. The summed E-state index contributed by atoms with van der Waals surface area (Å²) in [5, 5.41) is 7.31. The molecule has 0 saturated carbocycles. The van der Waals surface area contributed by atoms with E-state index < -0.39 is 15.9 Å². The maximum Gasteiger partial charge on any atom is 0.272 e. The lowest BCUT2D eigenvalue weighted by atomic mass is 10.1. The van der Waals surface area contributed by atoms with E-state index in [0.29, 0.717) is 5.75 Å². The molecule has 2 aliphatic rings. The number of amides is 1. The van der Waals surface area contributed by atoms with Crippen molar-refractivity contribution in [3.05, 3.63) is 41.7 Å². The summed E-state index contributed by atoms with van der Waals surface area (Å²) in [5.74, 6) is 0.377. The van der Waals surface area contributed by atoms with Crippen LogP contribution in [0.4, 0.5) is 0 Å². The number of methoxy groups -OCH3 is 1. The smallest absolute Gasteiger partial charge is 0.272 e. The fourth-order valence-corrected chi connectivity index (χ4v) is 6.15. The van der Waals surface area contributed by atoms with E-state index in [1.807, 2.05) is 25.1 Å². The number of sulfone groups is 1. The van der Waals surface area contributed by atoms with Crippen molar-refractivity contribution in [2.45, 2.75) is 31.8 Å². The number of benzene rings is 1. The average Bonchev–Trinajstić information content (AvgIpc) is 3.41. The number of aryl methyl sites for hydroxylation is 1. The third kappa shape index (κ3) is 4.16. The topological polar surface area (TPSA) is 93.5 Å². The van der Waals surface area contributed by atoms with Gasteiger partial charge in [-0.05, 0) is 56.6 Å². The summed E-state index contributed by atoms with van der Waals surface area (Å²) < 4.78 is 31.4. The van der Waals surface area contributed by atoms with Crippen LogP contribution in [0, 0.1) is 6.92 Å². The van der Waals surface area contributed by atoms with Gasteiger partial charge in [-0.25, -0.2) is 13.1 Å². The zero-order chi connectivity index (χ0) is 20.6. The van der Waals surface area contributed by atoms with Crippen LogP contribution in [0.2, 0.25) is 0 Å². The lowest BCUT2D eigenvalue weighted by Crippen LogP contribution is -2.50. The lowest BCUT2D eigenvalue weighted by molar-refractivity contribution is 0.0913. The van der Waals surface area contributed by atoms with Gasteiger partial charge in [0.05, 0.1) is 24.7 Å². The second-order valence-electron chi connectivity index (χ2n) is 7.79. The standard InChI is InChI=1S/C20H26N4O4S/c1-14-5-6-19(28-2)17(11-14)24-10-7-15(22-24)20(25)21-16-12-29(26,27)13-18(16)23-8-3-4-9-23/h5-7,10-11,16,18H,3-4,8-9,12-13H2,1-2H3,(H,21,25). The molecule has 2 aromatic rings. The van der Waals surface area contributed by atoms with Gasteiger partial charge in [0, 0.05) is 12.2 Å². The van der Waals surface area contributed by atoms with E-state index in [2.05, 4.69) is 15.3 Å². The number of carbonyl (C=O) groups is 1. The van der Waals surface area contributed by atoms with Crippen LogP contribution in [0.15, 0.2) is 30.5 Å². The molecule has 2 unspecified atom stereocenters. The van der Waals surface area contributed by atoms with Crippen LogP contribution in [-0.2, 0) is 9.84 Å². The number of carbonyl (C=O) groups excluding carboxylic acids is 1. The maximum absolute atomic E-state index is 12.8. The molecule has 0 radical (unpaired) electrons. The molecule has 4 rings (SSSR count). The van der Waals surface area contributed by atoms with E-state index in [0.717, 1.165) is 37.2 Å². The van der Waals surface area contributed by atoms with E-state index in [1.165, 1.54) is 0 Å². The van der Waals surface area contributed by atoms with E-state index in [9.17, 15) is 13.2 Å². The average molecular weight is 419 g/mol. The quantitative estimate of drug-likeness (QED) is 0.784. The molecule has 9 heteroatoms. The molecule has 156 valence electrons. The zero-order valence-electron chi connectivity index (χ0n) is 16.7. The second kappa shape index (κ2) is 7.79. The minimum absolute atomic E-state index is 0.0215. The first-order valence-corrected chi connectivity index (χ1v) is 11.6. The van der Waals surface area contributed by atoms with Gasteiger partial charge in [0.2, 0.25) is 0 Å². The van der Waals surface area contributed by atoms with Crippen LogP contribution < -0.4 is 10.1 Å². The highest BCUT2D eigenvalue weighted by atomic mass is 32.2. The minimum Gasteiger partial charge on any atom is -0.494 e. The van der Waals surface area contributed by atoms with Crippen LogP contribution in [0.3, 0.4) is 0 Å². The Labute approximate surface area is 170 Å². The van der Waals surface area contributed by atoms with Gasteiger partial charge in [0.15, 0.2) is 15.5 Å². The Kier molecular flexibility index (Phi) is 5.35. The molecule has 2 aliphatic heterocycles. The number of likely N-dealkylation sites (tertiary alicyclic amines) is 1. The Morgan fingerprint density at radius 2 is 1.97 bits per heavy atom. The van der Waals surface area contributed by atoms with Crippen molar-refractivity contribution in [2.75, 3.05) is 31.7 Å². The first-order chi connectivity index (χ1) is 13.9. The largest absolute Gasteiger partial charge is 0.494 e. The van der Waals surface area contributed by atoms with Crippen molar-refractivity contribution < 1.29 is 17.9 Å². The summed E-state index contributed by atoms with van der Waals surface area (Å²) in [6.07, 6.45) is 3.84. The Balaban J connectivity index is 1.53. The molecular weight excluding hydrogens is 392 g/mol. The van der Waals surface area contributed by atoms with E-state index in [1.54, 1.807) is 24.1 Å². The Bertz CT molecular complexity index is 1010. The molecule has 1 N–H and O–H groups in total. The fourth-order valence-electron chi connectivity index (χ4n) is 4.20. The number of hydrogen-bond acceptors (Lipinski definition) is 6. The zero-order valence-corrected chi connectivity index (χ0v) is 17.5. The number of nitrogens with zero attached hydrogens (tertiary/aromatic N) is 3. The van der Waals surface area contributed by atoms with E-state index in [4.69, 9.17) is 4.74 Å². The number of nitrogens with one attached hydrogen (secondary N) is 1. The highest BCUT2D eigenvalue weighted by Crippen LogP contribution is 2.25. The van der Waals surface area contributed by atoms with Crippen LogP contribution in [0.25, 0.3) is 5.69 Å². The molecule has 1 aromatic carbocycles. The van der Waals surface area contributed by atoms with E-state index in [-0.39, 0.29) is 29.1 Å². The monoisotopic (exact) mass is 418 g/mol. The van der Waals surface area contributed by atoms with Gasteiger partial charge in [0.25, 0.3) is 5.91 Å². The first kappa shape index (κ1) is 19.9. The molecule has 0 bridgehead atoms. The number of aromatic nitrogens is 2. The molecule has 1 aromatic heterocycles. The second-order valence-corrected chi connectivity index (χ2v) is 9.94. The predicted molar refractivity (Wildman–Crippen MR) is 109 cm³/mol. The van der Waals surface area contributed by atoms with Gasteiger partial charge in [-0.15, -0.1) is 0 Å². The molecular formula is C20H26N4O4S. The van der Waals surface area contributed by atoms with Crippen molar-refractivity contribution in [2.24, 2.45) is 0 Å². The van der Waals surface area contributed by atoms with Gasteiger partial charge in [-0.3, -0.25) is 9.69 Å². The fraction of sp³-hybridized carbons (Fsp3) is 0.500. The molecule has 29 heavy (non-hydrogen) atoms. The molecule has 2 fully saturated rings. The summed E-state index contributed by atoms with van der Waals surface area (Å²) in [4.78, 5) is 15.0. The molecule has 3 heterocycles. The highest BCUT2D eigenvalue weighted by Gasteiger charge is 2.42. The molecule has 2 atom stereocenters. The predicted octanol–water partition coefficient (Wildman–Crippen LogP) is 1.18. The number of ether oxygens (including phenoxy) is 1. The van der Waals surface area contributed by atoms with Gasteiger partial charge in [-0.2, -0.15) is 5.10 Å². The third-order valence-corrected chi connectivity index (χ3v) is 7.37. The van der Waals surface area contributed by atoms with Gasteiger partial charge in [-0.1, -0.05) is 6.07 Å². The maximum atomic E-state index is 12.8. The van der Waals surface area contributed by atoms with E-state index >= 15 is 0 Å². The van der Waals surface area contributed by atoms with Gasteiger partial charge in [0.1, 0.15) is 11.4 Å². The Morgan fingerprint density at radius 1 is 1.21 bits per heavy atom. The summed E-state index contributed by atoms with van der Waals surface area (Å²) >= 11 is 0. The van der Waals surface area contributed by atoms with Crippen molar-refractivity contribution in [1.82, 2.24) is 20.0 Å². The van der Waals surface area contributed by atoms with Crippen molar-refractivity contribution in [3.63, 3.8) is 0 Å².